The Morgan fingerprint density at radius 2 is 2.00 bits per heavy atom. The lowest BCUT2D eigenvalue weighted by Gasteiger charge is -2.14. The third-order valence-electron chi connectivity index (χ3n) is 3.76. The van der Waals surface area contributed by atoms with Crippen molar-refractivity contribution in [2.75, 3.05) is 31.6 Å². The van der Waals surface area contributed by atoms with E-state index in [-0.39, 0.29) is 17.6 Å². The van der Waals surface area contributed by atoms with Crippen LogP contribution in [0.3, 0.4) is 0 Å². The Bertz CT molecular complexity index is 402. The Kier molecular flexibility index (Phi) is 3.45. The zero-order valence-corrected chi connectivity index (χ0v) is 10.8. The van der Waals surface area contributed by atoms with Gasteiger partial charge in [-0.05, 0) is 24.7 Å². The minimum atomic E-state index is -2.96. The lowest BCUT2D eigenvalue weighted by molar-refractivity contribution is -0.142. The molecule has 6 heteroatoms. The van der Waals surface area contributed by atoms with Crippen molar-refractivity contribution in [2.45, 2.75) is 12.8 Å². The molecular formula is C11H19NO4S. The van der Waals surface area contributed by atoms with E-state index in [0.717, 1.165) is 19.4 Å². The maximum atomic E-state index is 11.1. The highest BCUT2D eigenvalue weighted by atomic mass is 32.2. The molecule has 0 aromatic heterocycles. The number of hydrogen-bond acceptors (Lipinski definition) is 4. The molecule has 0 aromatic carbocycles. The Hall–Kier alpha value is -0.620. The molecule has 0 spiro atoms. The van der Waals surface area contributed by atoms with Gasteiger partial charge in [-0.15, -0.1) is 0 Å². The quantitative estimate of drug-likeness (QED) is 0.758. The van der Waals surface area contributed by atoms with Gasteiger partial charge in [0.1, 0.15) is 9.84 Å². The molecule has 5 nitrogen and oxygen atoms in total. The van der Waals surface area contributed by atoms with Gasteiger partial charge in [0.05, 0.1) is 11.7 Å². The van der Waals surface area contributed by atoms with E-state index in [1.165, 1.54) is 6.26 Å². The third-order valence-corrected chi connectivity index (χ3v) is 4.69. The fourth-order valence-corrected chi connectivity index (χ4v) is 3.24. The number of carboxylic acids is 1. The van der Waals surface area contributed by atoms with Crippen molar-refractivity contribution in [3.8, 4) is 0 Å². The molecule has 1 saturated heterocycles. The Labute approximate surface area is 102 Å². The standard InChI is InChI=1S/C11H19NO4S/c1-17(15,16)5-4-12-6-9(8-2-3-8)10(7-12)11(13)14/h8-10H,2-7H2,1H3,(H,13,14)/t9-,10+/m1/s1. The maximum absolute atomic E-state index is 11.1. The second-order valence-corrected chi connectivity index (χ2v) is 7.60. The number of sulfone groups is 1. The molecule has 98 valence electrons. The van der Waals surface area contributed by atoms with E-state index in [4.69, 9.17) is 5.11 Å². The van der Waals surface area contributed by atoms with Crippen molar-refractivity contribution in [3.05, 3.63) is 0 Å². The minimum absolute atomic E-state index is 0.122. The van der Waals surface area contributed by atoms with Crippen LogP contribution in [0, 0.1) is 17.8 Å². The van der Waals surface area contributed by atoms with Gasteiger partial charge in [0.25, 0.3) is 0 Å². The minimum Gasteiger partial charge on any atom is -0.481 e. The Morgan fingerprint density at radius 1 is 1.35 bits per heavy atom. The van der Waals surface area contributed by atoms with Crippen LogP contribution < -0.4 is 0 Å². The van der Waals surface area contributed by atoms with Crippen molar-refractivity contribution < 1.29 is 18.3 Å². The number of hydrogen-bond donors (Lipinski definition) is 1. The fraction of sp³-hybridized carbons (Fsp3) is 0.909. The molecule has 1 aliphatic heterocycles. The van der Waals surface area contributed by atoms with Crippen LogP contribution in [0.15, 0.2) is 0 Å². The van der Waals surface area contributed by atoms with Gasteiger partial charge in [-0.3, -0.25) is 4.79 Å². The predicted octanol–water partition coefficient (Wildman–Crippen LogP) is 0.0736. The molecule has 2 rings (SSSR count). The number of carbonyl (C=O) groups is 1. The van der Waals surface area contributed by atoms with Crippen LogP contribution in [-0.2, 0) is 14.6 Å². The molecule has 1 heterocycles. The summed E-state index contributed by atoms with van der Waals surface area (Å²) in [5.41, 5.74) is 0. The lowest BCUT2D eigenvalue weighted by atomic mass is 9.92. The van der Waals surface area contributed by atoms with Crippen LogP contribution in [0.5, 0.6) is 0 Å². The molecule has 0 aromatic rings. The van der Waals surface area contributed by atoms with Gasteiger partial charge in [0, 0.05) is 25.9 Å². The van der Waals surface area contributed by atoms with Gasteiger partial charge in [-0.25, -0.2) is 8.42 Å². The zero-order valence-electron chi connectivity index (χ0n) is 10.0. The molecule has 2 aliphatic rings. The second kappa shape index (κ2) is 4.57. The van der Waals surface area contributed by atoms with Crippen LogP contribution in [0.25, 0.3) is 0 Å². The molecule has 0 amide bonds. The summed E-state index contributed by atoms with van der Waals surface area (Å²) in [6.45, 7) is 1.72. The first-order valence-corrected chi connectivity index (χ1v) is 8.06. The van der Waals surface area contributed by atoms with Gasteiger partial charge in [0.2, 0.25) is 0 Å². The van der Waals surface area contributed by atoms with Crippen molar-refractivity contribution in [3.63, 3.8) is 0 Å². The Balaban J connectivity index is 1.92. The number of carboxylic acid groups (broad SMARTS) is 1. The van der Waals surface area contributed by atoms with Gasteiger partial charge in [0.15, 0.2) is 0 Å². The monoisotopic (exact) mass is 261 g/mol. The first kappa shape index (κ1) is 12.8. The highest BCUT2D eigenvalue weighted by Gasteiger charge is 2.45. The highest BCUT2D eigenvalue weighted by molar-refractivity contribution is 7.90. The zero-order chi connectivity index (χ0) is 12.6. The molecule has 1 aliphatic carbocycles. The third kappa shape index (κ3) is 3.42. The van der Waals surface area contributed by atoms with E-state index < -0.39 is 15.8 Å². The topological polar surface area (TPSA) is 74.7 Å². The summed E-state index contributed by atoms with van der Waals surface area (Å²) in [7, 11) is -2.96. The molecule has 1 saturated carbocycles. The van der Waals surface area contributed by atoms with E-state index in [1.54, 1.807) is 0 Å². The van der Waals surface area contributed by atoms with Crippen LogP contribution in [0.4, 0.5) is 0 Å². The normalized spacial score (nSPS) is 30.6. The average molecular weight is 261 g/mol. The molecule has 2 fully saturated rings. The van der Waals surface area contributed by atoms with Crippen LogP contribution in [-0.4, -0.2) is 56.0 Å². The molecular weight excluding hydrogens is 242 g/mol. The van der Waals surface area contributed by atoms with Crippen LogP contribution in [0.1, 0.15) is 12.8 Å². The van der Waals surface area contributed by atoms with E-state index in [0.29, 0.717) is 19.0 Å². The summed E-state index contributed by atoms with van der Waals surface area (Å²) < 4.78 is 22.2. The summed E-state index contributed by atoms with van der Waals surface area (Å²) in [5.74, 6) is -0.131. The molecule has 17 heavy (non-hydrogen) atoms. The number of rotatable bonds is 5. The highest BCUT2D eigenvalue weighted by Crippen LogP contribution is 2.43. The lowest BCUT2D eigenvalue weighted by Crippen LogP contribution is -2.28. The fourth-order valence-electron chi connectivity index (χ4n) is 2.65. The van der Waals surface area contributed by atoms with E-state index in [1.807, 2.05) is 4.90 Å². The summed E-state index contributed by atoms with van der Waals surface area (Å²) in [6, 6.07) is 0. The number of aliphatic carboxylic acids is 1. The average Bonchev–Trinajstić information content (AvgIpc) is 2.94. The van der Waals surface area contributed by atoms with Crippen molar-refractivity contribution in [2.24, 2.45) is 17.8 Å². The smallest absolute Gasteiger partial charge is 0.308 e. The second-order valence-electron chi connectivity index (χ2n) is 5.34. The van der Waals surface area contributed by atoms with Gasteiger partial charge < -0.3 is 10.0 Å². The molecule has 2 atom stereocenters. The maximum Gasteiger partial charge on any atom is 0.308 e. The van der Waals surface area contributed by atoms with E-state index >= 15 is 0 Å². The summed E-state index contributed by atoms with van der Waals surface area (Å²) >= 11 is 0. The van der Waals surface area contributed by atoms with Crippen molar-refractivity contribution >= 4 is 15.8 Å². The van der Waals surface area contributed by atoms with Crippen LogP contribution >= 0.6 is 0 Å². The SMILES string of the molecule is CS(=O)(=O)CCN1C[C@H](C(=O)O)[C@@H](C2CC2)C1. The van der Waals surface area contributed by atoms with Gasteiger partial charge >= 0.3 is 5.97 Å². The number of likely N-dealkylation sites (tertiary alicyclic amines) is 1. The van der Waals surface area contributed by atoms with Crippen molar-refractivity contribution in [1.29, 1.82) is 0 Å². The molecule has 0 radical (unpaired) electrons. The first-order valence-electron chi connectivity index (χ1n) is 6.00. The molecule has 0 bridgehead atoms. The number of nitrogens with zero attached hydrogens (tertiary/aromatic N) is 1. The van der Waals surface area contributed by atoms with E-state index in [9.17, 15) is 13.2 Å². The van der Waals surface area contributed by atoms with Crippen LogP contribution in [0.2, 0.25) is 0 Å². The largest absolute Gasteiger partial charge is 0.481 e. The van der Waals surface area contributed by atoms with E-state index in [2.05, 4.69) is 0 Å². The van der Waals surface area contributed by atoms with Gasteiger partial charge in [-0.1, -0.05) is 0 Å². The van der Waals surface area contributed by atoms with Gasteiger partial charge in [-0.2, -0.15) is 0 Å². The Morgan fingerprint density at radius 3 is 2.47 bits per heavy atom. The van der Waals surface area contributed by atoms with Crippen molar-refractivity contribution in [1.82, 2.24) is 4.90 Å². The predicted molar refractivity (Wildman–Crippen MR) is 63.5 cm³/mol. The summed E-state index contributed by atoms with van der Waals surface area (Å²) in [4.78, 5) is 13.1. The first-order chi connectivity index (χ1) is 7.87. The molecule has 0 unspecified atom stereocenters. The summed E-state index contributed by atoms with van der Waals surface area (Å²) in [5, 5.41) is 9.16. The molecule has 1 N–H and O–H groups in total. The summed E-state index contributed by atoms with van der Waals surface area (Å²) in [6.07, 6.45) is 3.48.